The van der Waals surface area contributed by atoms with Crippen molar-refractivity contribution in [2.75, 3.05) is 20.8 Å². The third-order valence-corrected chi connectivity index (χ3v) is 6.14. The second-order valence-corrected chi connectivity index (χ2v) is 8.40. The van der Waals surface area contributed by atoms with E-state index >= 15 is 0 Å². The van der Waals surface area contributed by atoms with Crippen molar-refractivity contribution in [1.82, 2.24) is 19.3 Å². The van der Waals surface area contributed by atoms with Gasteiger partial charge in [0.2, 0.25) is 5.03 Å². The molecular weight excluding hydrogens is 408 g/mol. The first-order valence-electron chi connectivity index (χ1n) is 9.23. The maximum Gasteiger partial charge on any atom is 0.264 e. The Hall–Kier alpha value is -2.95. The standard InChI is InChI=1S/C20H24N4O5S/c1-28-18-7-3-16(4-8-18)13-24(14-17-5-9-19(29-2)10-6-17)30(26,27)20-15-23(11-12-25)22-21-20/h3-10,15,25H,11-14H2,1-2H3. The zero-order chi connectivity index (χ0) is 21.6. The lowest BCUT2D eigenvalue weighted by atomic mass is 10.2. The Morgan fingerprint density at radius 3 is 1.87 bits per heavy atom. The van der Waals surface area contributed by atoms with Gasteiger partial charge in [-0.25, -0.2) is 13.1 Å². The van der Waals surface area contributed by atoms with Gasteiger partial charge in [0.1, 0.15) is 11.5 Å². The molecule has 3 aromatic rings. The third-order valence-electron chi connectivity index (χ3n) is 4.49. The van der Waals surface area contributed by atoms with Gasteiger partial charge < -0.3 is 14.6 Å². The summed E-state index contributed by atoms with van der Waals surface area (Å²) < 4.78 is 39.6. The quantitative estimate of drug-likeness (QED) is 0.519. The number of methoxy groups -OCH3 is 2. The molecule has 0 amide bonds. The van der Waals surface area contributed by atoms with Crippen molar-refractivity contribution in [1.29, 1.82) is 0 Å². The van der Waals surface area contributed by atoms with Crippen LogP contribution in [-0.2, 0) is 29.7 Å². The molecule has 0 radical (unpaired) electrons. The molecule has 1 N–H and O–H groups in total. The van der Waals surface area contributed by atoms with Crippen molar-refractivity contribution in [2.24, 2.45) is 0 Å². The second-order valence-electron chi connectivity index (χ2n) is 6.51. The van der Waals surface area contributed by atoms with Gasteiger partial charge in [-0.05, 0) is 35.4 Å². The van der Waals surface area contributed by atoms with Crippen LogP contribution in [0, 0.1) is 0 Å². The van der Waals surface area contributed by atoms with Gasteiger partial charge in [-0.3, -0.25) is 0 Å². The van der Waals surface area contributed by atoms with Gasteiger partial charge in [0, 0.05) is 13.1 Å². The fraction of sp³-hybridized carbons (Fsp3) is 0.300. The molecular formula is C20H24N4O5S. The highest BCUT2D eigenvalue weighted by Gasteiger charge is 2.28. The maximum absolute atomic E-state index is 13.3. The lowest BCUT2D eigenvalue weighted by molar-refractivity contribution is 0.268. The van der Waals surface area contributed by atoms with Crippen LogP contribution < -0.4 is 9.47 Å². The summed E-state index contributed by atoms with van der Waals surface area (Å²) in [4.78, 5) is 0. The lowest BCUT2D eigenvalue weighted by Crippen LogP contribution is -2.30. The van der Waals surface area contributed by atoms with E-state index in [1.54, 1.807) is 38.5 Å². The van der Waals surface area contributed by atoms with Crippen LogP contribution in [-0.4, -0.2) is 53.6 Å². The van der Waals surface area contributed by atoms with Gasteiger partial charge in [0.05, 0.1) is 33.6 Å². The summed E-state index contributed by atoms with van der Waals surface area (Å²) >= 11 is 0. The average Bonchev–Trinajstić information content (AvgIpc) is 3.24. The van der Waals surface area contributed by atoms with Crippen LogP contribution in [0.5, 0.6) is 11.5 Å². The Morgan fingerprint density at radius 1 is 0.933 bits per heavy atom. The van der Waals surface area contributed by atoms with E-state index in [0.29, 0.717) is 11.5 Å². The average molecular weight is 433 g/mol. The SMILES string of the molecule is COc1ccc(CN(Cc2ccc(OC)cc2)S(=O)(=O)c2cn(CCO)nn2)cc1. The zero-order valence-electron chi connectivity index (χ0n) is 16.8. The number of aromatic nitrogens is 3. The summed E-state index contributed by atoms with van der Waals surface area (Å²) in [6.45, 7) is 0.292. The number of sulfonamides is 1. The number of hydrogen-bond donors (Lipinski definition) is 1. The van der Waals surface area contributed by atoms with Crippen molar-refractivity contribution >= 4 is 10.0 Å². The summed E-state index contributed by atoms with van der Waals surface area (Å²) in [7, 11) is -0.782. The number of ether oxygens (including phenoxy) is 2. The van der Waals surface area contributed by atoms with Crippen molar-refractivity contribution in [3.8, 4) is 11.5 Å². The van der Waals surface area contributed by atoms with Crippen LogP contribution in [0.15, 0.2) is 59.8 Å². The highest BCUT2D eigenvalue weighted by molar-refractivity contribution is 7.89. The molecule has 1 aromatic heterocycles. The zero-order valence-corrected chi connectivity index (χ0v) is 17.6. The van der Waals surface area contributed by atoms with E-state index in [1.807, 2.05) is 24.3 Å². The Balaban J connectivity index is 1.91. The summed E-state index contributed by atoms with van der Waals surface area (Å²) in [6, 6.07) is 14.4. The van der Waals surface area contributed by atoms with E-state index in [-0.39, 0.29) is 31.3 Å². The molecule has 1 heterocycles. The fourth-order valence-corrected chi connectivity index (χ4v) is 4.14. The van der Waals surface area contributed by atoms with Crippen LogP contribution in [0.2, 0.25) is 0 Å². The van der Waals surface area contributed by atoms with Crippen molar-refractivity contribution in [3.63, 3.8) is 0 Å². The largest absolute Gasteiger partial charge is 0.497 e. The van der Waals surface area contributed by atoms with E-state index in [4.69, 9.17) is 14.6 Å². The van der Waals surface area contributed by atoms with Crippen molar-refractivity contribution in [3.05, 3.63) is 65.9 Å². The molecule has 0 atom stereocenters. The molecule has 0 spiro atoms. The van der Waals surface area contributed by atoms with Gasteiger partial charge in [0.15, 0.2) is 0 Å². The lowest BCUT2D eigenvalue weighted by Gasteiger charge is -2.21. The van der Waals surface area contributed by atoms with E-state index in [0.717, 1.165) is 11.1 Å². The summed E-state index contributed by atoms with van der Waals surface area (Å²) in [5.41, 5.74) is 1.60. The van der Waals surface area contributed by atoms with E-state index in [9.17, 15) is 8.42 Å². The first-order chi connectivity index (χ1) is 14.5. The maximum atomic E-state index is 13.3. The molecule has 30 heavy (non-hydrogen) atoms. The van der Waals surface area contributed by atoms with Crippen LogP contribution in [0.4, 0.5) is 0 Å². The molecule has 0 aliphatic heterocycles. The molecule has 3 rings (SSSR count). The second kappa shape index (κ2) is 9.70. The molecule has 9 nitrogen and oxygen atoms in total. The number of aliphatic hydroxyl groups is 1. The molecule has 0 aliphatic carbocycles. The smallest absolute Gasteiger partial charge is 0.264 e. The molecule has 0 fully saturated rings. The molecule has 10 heteroatoms. The number of rotatable bonds is 10. The van der Waals surface area contributed by atoms with E-state index in [1.165, 1.54) is 15.2 Å². The van der Waals surface area contributed by atoms with Crippen LogP contribution >= 0.6 is 0 Å². The highest BCUT2D eigenvalue weighted by Crippen LogP contribution is 2.22. The third kappa shape index (κ3) is 5.15. The first-order valence-corrected chi connectivity index (χ1v) is 10.7. The van der Waals surface area contributed by atoms with Gasteiger partial charge in [-0.2, -0.15) is 4.31 Å². The van der Waals surface area contributed by atoms with Crippen LogP contribution in [0.3, 0.4) is 0 Å². The number of benzene rings is 2. The highest BCUT2D eigenvalue weighted by atomic mass is 32.2. The number of aliphatic hydroxyl groups excluding tert-OH is 1. The summed E-state index contributed by atoms with van der Waals surface area (Å²) in [5, 5.41) is 16.5. The van der Waals surface area contributed by atoms with E-state index < -0.39 is 10.0 Å². The topological polar surface area (TPSA) is 107 Å². The van der Waals surface area contributed by atoms with Crippen molar-refractivity contribution < 1.29 is 23.0 Å². The minimum Gasteiger partial charge on any atom is -0.497 e. The molecule has 2 aromatic carbocycles. The number of hydrogen-bond acceptors (Lipinski definition) is 7. The molecule has 0 saturated heterocycles. The Bertz CT molecular complexity index is 1000. The van der Waals surface area contributed by atoms with Gasteiger partial charge in [-0.15, -0.1) is 5.10 Å². The Labute approximate surface area is 175 Å². The van der Waals surface area contributed by atoms with Gasteiger partial charge in [0.25, 0.3) is 10.0 Å². The Morgan fingerprint density at radius 2 is 1.43 bits per heavy atom. The molecule has 160 valence electrons. The predicted octanol–water partition coefficient (Wildman–Crippen LogP) is 1.68. The minimum atomic E-state index is -3.93. The Kier molecular flexibility index (Phi) is 7.03. The fourth-order valence-electron chi connectivity index (χ4n) is 2.84. The van der Waals surface area contributed by atoms with E-state index in [2.05, 4.69) is 10.3 Å². The first kappa shape index (κ1) is 21.8. The molecule has 0 bridgehead atoms. The minimum absolute atomic E-state index is 0.144. The van der Waals surface area contributed by atoms with Crippen LogP contribution in [0.1, 0.15) is 11.1 Å². The molecule has 0 saturated carbocycles. The van der Waals surface area contributed by atoms with Gasteiger partial charge in [-0.1, -0.05) is 29.5 Å². The summed E-state index contributed by atoms with van der Waals surface area (Å²) in [6.07, 6.45) is 1.32. The molecule has 0 aliphatic rings. The molecule has 0 unspecified atom stereocenters. The monoisotopic (exact) mass is 432 g/mol. The van der Waals surface area contributed by atoms with Crippen molar-refractivity contribution in [2.45, 2.75) is 24.7 Å². The van der Waals surface area contributed by atoms with Gasteiger partial charge >= 0.3 is 0 Å². The predicted molar refractivity (Wildman–Crippen MR) is 110 cm³/mol. The summed E-state index contributed by atoms with van der Waals surface area (Å²) in [5.74, 6) is 1.38. The normalized spacial score (nSPS) is 11.6. The number of nitrogens with zero attached hydrogens (tertiary/aromatic N) is 4. The van der Waals surface area contributed by atoms with Crippen LogP contribution in [0.25, 0.3) is 0 Å².